The molecule has 6 heteroatoms. The molecule has 0 bridgehead atoms. The molecule has 2 aromatic carbocycles. The maximum atomic E-state index is 14.0. The second-order valence-corrected chi connectivity index (χ2v) is 9.36. The van der Waals surface area contributed by atoms with Crippen LogP contribution in [0.4, 0.5) is 4.39 Å². The molecule has 2 heterocycles. The zero-order valence-corrected chi connectivity index (χ0v) is 19.8. The molecule has 1 unspecified atom stereocenters. The first-order valence-corrected chi connectivity index (χ1v) is 11.2. The first-order valence-electron chi connectivity index (χ1n) is 11.2. The number of aliphatic carboxylic acids is 1. The number of fused-ring (bicyclic) bond motifs is 2. The minimum Gasteiger partial charge on any atom is -0.493 e. The Bertz CT molecular complexity index is 1300. The molecule has 176 valence electrons. The van der Waals surface area contributed by atoms with Gasteiger partial charge in [0.2, 0.25) is 0 Å². The predicted octanol–water partition coefficient (Wildman–Crippen LogP) is 6.25. The van der Waals surface area contributed by atoms with Gasteiger partial charge in [-0.2, -0.15) is 0 Å². The van der Waals surface area contributed by atoms with E-state index in [1.807, 2.05) is 52.0 Å². The number of aromatic nitrogens is 1. The van der Waals surface area contributed by atoms with Gasteiger partial charge in [-0.1, -0.05) is 24.3 Å². The molecule has 4 rings (SSSR count). The molecule has 1 aromatic heterocycles. The number of allylic oxidation sites excluding steroid dienone is 2. The number of aryl methyl sites for hydroxylation is 1. The zero-order valence-electron chi connectivity index (χ0n) is 19.8. The zero-order chi connectivity index (χ0) is 24.5. The molecule has 34 heavy (non-hydrogen) atoms. The topological polar surface area (TPSA) is 68.7 Å². The third-order valence-electron chi connectivity index (χ3n) is 5.66. The minimum absolute atomic E-state index is 0.350. The summed E-state index contributed by atoms with van der Waals surface area (Å²) in [5.41, 5.74) is 3.36. The Morgan fingerprint density at radius 2 is 2.06 bits per heavy atom. The fraction of sp³-hybridized carbons (Fsp3) is 0.286. The average Bonchev–Trinajstić information content (AvgIpc) is 2.77. The van der Waals surface area contributed by atoms with Crippen LogP contribution in [0.3, 0.4) is 0 Å². The first kappa shape index (κ1) is 23.6. The smallest absolute Gasteiger partial charge is 0.337 e. The van der Waals surface area contributed by atoms with Crippen LogP contribution in [0.15, 0.2) is 54.9 Å². The second-order valence-electron chi connectivity index (χ2n) is 9.36. The number of hydrogen-bond acceptors (Lipinski definition) is 4. The minimum atomic E-state index is -1.18. The lowest BCUT2D eigenvalue weighted by Crippen LogP contribution is -2.28. The Morgan fingerprint density at radius 1 is 1.26 bits per heavy atom. The van der Waals surface area contributed by atoms with Crippen LogP contribution in [0, 0.1) is 12.7 Å². The largest absolute Gasteiger partial charge is 0.493 e. The highest BCUT2D eigenvalue weighted by Gasteiger charge is 2.30. The van der Waals surface area contributed by atoms with E-state index in [9.17, 15) is 14.3 Å². The summed E-state index contributed by atoms with van der Waals surface area (Å²) in [4.78, 5) is 16.5. The van der Waals surface area contributed by atoms with Gasteiger partial charge in [0.25, 0.3) is 0 Å². The van der Waals surface area contributed by atoms with Crippen LogP contribution in [-0.2, 0) is 20.7 Å². The highest BCUT2D eigenvalue weighted by molar-refractivity contribution is 5.95. The van der Waals surface area contributed by atoms with Crippen molar-refractivity contribution in [2.75, 3.05) is 6.61 Å². The maximum absolute atomic E-state index is 14.0. The number of benzene rings is 2. The van der Waals surface area contributed by atoms with Gasteiger partial charge in [0.1, 0.15) is 11.6 Å². The maximum Gasteiger partial charge on any atom is 0.337 e. The number of carboxylic acids is 1. The van der Waals surface area contributed by atoms with Crippen molar-refractivity contribution < 1.29 is 23.8 Å². The Hall–Kier alpha value is -3.51. The van der Waals surface area contributed by atoms with Crippen molar-refractivity contribution in [3.63, 3.8) is 0 Å². The molecule has 0 aliphatic carbocycles. The van der Waals surface area contributed by atoms with Crippen molar-refractivity contribution in [3.05, 3.63) is 88.5 Å². The average molecular weight is 462 g/mol. The standard InChI is InChI=1S/C28H28FNO4/c1-17-14-19-15-20(29)8-9-21(19)22(25(17)26(27(31)32)34-28(2,3)4)6-5-7-24-23-16-30-12-10-18(23)11-13-33-24/h5-10,12,14-16,26H,11,13H2,1-4H3,(H,31,32)/b6-5+,24-7+. The molecule has 0 fully saturated rings. The second kappa shape index (κ2) is 9.39. The molecule has 0 amide bonds. The molecule has 1 atom stereocenters. The van der Waals surface area contributed by atoms with Gasteiger partial charge in [-0.05, 0) is 79.4 Å². The van der Waals surface area contributed by atoms with Crippen molar-refractivity contribution >= 4 is 28.6 Å². The summed E-state index contributed by atoms with van der Waals surface area (Å²) in [7, 11) is 0. The monoisotopic (exact) mass is 461 g/mol. The third kappa shape index (κ3) is 5.02. The molecule has 1 aliphatic rings. The summed E-state index contributed by atoms with van der Waals surface area (Å²) in [6, 6.07) is 8.29. The van der Waals surface area contributed by atoms with E-state index >= 15 is 0 Å². The number of halogens is 1. The Balaban J connectivity index is 1.87. The van der Waals surface area contributed by atoms with E-state index in [1.165, 1.54) is 17.7 Å². The van der Waals surface area contributed by atoms with Crippen LogP contribution >= 0.6 is 0 Å². The SMILES string of the molecule is Cc1cc2cc(F)ccc2c(/C=C/C=C2/OCCc3ccncc32)c1C(OC(C)(C)C)C(=O)O. The van der Waals surface area contributed by atoms with Gasteiger partial charge in [-0.25, -0.2) is 9.18 Å². The van der Waals surface area contributed by atoms with Crippen molar-refractivity contribution in [1.29, 1.82) is 0 Å². The van der Waals surface area contributed by atoms with Crippen molar-refractivity contribution in [3.8, 4) is 0 Å². The van der Waals surface area contributed by atoms with Gasteiger partial charge in [0.05, 0.1) is 12.2 Å². The molecular formula is C28H28FNO4. The highest BCUT2D eigenvalue weighted by Crippen LogP contribution is 2.36. The Morgan fingerprint density at radius 3 is 2.79 bits per heavy atom. The Kier molecular flexibility index (Phi) is 6.53. The van der Waals surface area contributed by atoms with E-state index in [0.29, 0.717) is 34.4 Å². The van der Waals surface area contributed by atoms with Crippen molar-refractivity contribution in [2.45, 2.75) is 45.8 Å². The van der Waals surface area contributed by atoms with Crippen molar-refractivity contribution in [2.24, 2.45) is 0 Å². The summed E-state index contributed by atoms with van der Waals surface area (Å²) in [5.74, 6) is -0.726. The molecule has 0 spiro atoms. The van der Waals surface area contributed by atoms with E-state index < -0.39 is 17.7 Å². The van der Waals surface area contributed by atoms with Crippen LogP contribution in [0.25, 0.3) is 22.6 Å². The number of ether oxygens (including phenoxy) is 2. The fourth-order valence-corrected chi connectivity index (χ4v) is 4.26. The first-order chi connectivity index (χ1) is 16.1. The number of rotatable bonds is 5. The van der Waals surface area contributed by atoms with Crippen LogP contribution < -0.4 is 0 Å². The van der Waals surface area contributed by atoms with E-state index in [2.05, 4.69) is 4.98 Å². The lowest BCUT2D eigenvalue weighted by molar-refractivity contribution is -0.160. The van der Waals surface area contributed by atoms with Gasteiger partial charge >= 0.3 is 5.97 Å². The van der Waals surface area contributed by atoms with Gasteiger partial charge in [0.15, 0.2) is 6.10 Å². The number of carboxylic acid groups (broad SMARTS) is 1. The lowest BCUT2D eigenvalue weighted by atomic mass is 9.90. The lowest BCUT2D eigenvalue weighted by Gasteiger charge is -2.28. The van der Waals surface area contributed by atoms with Crippen LogP contribution in [0.5, 0.6) is 0 Å². The molecule has 0 saturated carbocycles. The number of hydrogen-bond donors (Lipinski definition) is 1. The van der Waals surface area contributed by atoms with Crippen LogP contribution in [0.1, 0.15) is 54.7 Å². The number of pyridine rings is 1. The molecule has 3 aromatic rings. The molecule has 5 nitrogen and oxygen atoms in total. The van der Waals surface area contributed by atoms with Gasteiger partial charge < -0.3 is 14.6 Å². The highest BCUT2D eigenvalue weighted by atomic mass is 19.1. The number of carbonyl (C=O) groups is 1. The third-order valence-corrected chi connectivity index (χ3v) is 5.66. The molecular weight excluding hydrogens is 433 g/mol. The summed E-state index contributed by atoms with van der Waals surface area (Å²) >= 11 is 0. The quantitative estimate of drug-likeness (QED) is 0.486. The molecule has 1 N–H and O–H groups in total. The normalized spacial score (nSPS) is 16.0. The summed E-state index contributed by atoms with van der Waals surface area (Å²) in [5, 5.41) is 11.5. The van der Waals surface area contributed by atoms with E-state index in [1.54, 1.807) is 24.5 Å². The fourth-order valence-electron chi connectivity index (χ4n) is 4.26. The van der Waals surface area contributed by atoms with Crippen molar-refractivity contribution in [1.82, 2.24) is 4.98 Å². The summed E-state index contributed by atoms with van der Waals surface area (Å²) in [6.45, 7) is 7.86. The number of nitrogens with zero attached hydrogens (tertiary/aromatic N) is 1. The van der Waals surface area contributed by atoms with Crippen LogP contribution in [-0.4, -0.2) is 28.3 Å². The van der Waals surface area contributed by atoms with E-state index in [-0.39, 0.29) is 5.82 Å². The van der Waals surface area contributed by atoms with E-state index in [0.717, 1.165) is 17.4 Å². The van der Waals surface area contributed by atoms with Crippen LogP contribution in [0.2, 0.25) is 0 Å². The Labute approximate surface area is 198 Å². The molecule has 1 aliphatic heterocycles. The van der Waals surface area contributed by atoms with E-state index in [4.69, 9.17) is 9.47 Å². The van der Waals surface area contributed by atoms with Gasteiger partial charge in [-0.3, -0.25) is 4.98 Å². The van der Waals surface area contributed by atoms with Gasteiger partial charge in [-0.15, -0.1) is 0 Å². The summed E-state index contributed by atoms with van der Waals surface area (Å²) in [6.07, 6.45) is 8.70. The summed E-state index contributed by atoms with van der Waals surface area (Å²) < 4.78 is 25.8. The predicted molar refractivity (Wildman–Crippen MR) is 131 cm³/mol. The van der Waals surface area contributed by atoms with Gasteiger partial charge in [0, 0.05) is 29.9 Å². The molecule has 0 saturated heterocycles. The molecule has 0 radical (unpaired) electrons.